The van der Waals surface area contributed by atoms with E-state index in [1.165, 1.54) is 0 Å². The van der Waals surface area contributed by atoms with Gasteiger partial charge < -0.3 is 15.4 Å². The Labute approximate surface area is 144 Å². The Bertz CT molecular complexity index is 717. The van der Waals surface area contributed by atoms with Gasteiger partial charge in [-0.15, -0.1) is 0 Å². The Morgan fingerprint density at radius 3 is 2.71 bits per heavy atom. The summed E-state index contributed by atoms with van der Waals surface area (Å²) in [6, 6.07) is 6.52. The maximum absolute atomic E-state index is 12.4. The van der Waals surface area contributed by atoms with Gasteiger partial charge in [0.05, 0.1) is 12.2 Å². The molecule has 1 aromatic heterocycles. The number of aromatic nitrogens is 1. The average molecular weight is 352 g/mol. The van der Waals surface area contributed by atoms with Crippen molar-refractivity contribution in [2.24, 2.45) is 5.73 Å². The van der Waals surface area contributed by atoms with Gasteiger partial charge in [-0.3, -0.25) is 14.0 Å². The van der Waals surface area contributed by atoms with E-state index in [9.17, 15) is 14.0 Å². The zero-order valence-corrected chi connectivity index (χ0v) is 14.1. The van der Waals surface area contributed by atoms with Crippen LogP contribution in [0, 0.1) is 0 Å². The maximum Gasteiger partial charge on any atom is 0.321 e. The molecule has 0 saturated carbocycles. The summed E-state index contributed by atoms with van der Waals surface area (Å²) in [7, 11) is 0. The first-order chi connectivity index (χ1) is 11.5. The second kappa shape index (κ2) is 8.84. The van der Waals surface area contributed by atoms with Crippen molar-refractivity contribution in [1.29, 1.82) is 0 Å². The van der Waals surface area contributed by atoms with Crippen molar-refractivity contribution in [2.75, 3.05) is 12.4 Å². The van der Waals surface area contributed by atoms with E-state index in [0.717, 1.165) is 35.5 Å². The molecule has 0 fully saturated rings. The van der Waals surface area contributed by atoms with E-state index in [1.54, 1.807) is 6.20 Å². The molecule has 3 N–H and O–H groups in total. The number of alkyl halides is 1. The van der Waals surface area contributed by atoms with Crippen LogP contribution in [0.4, 0.5) is 4.39 Å². The highest BCUT2D eigenvalue weighted by Gasteiger charge is 2.18. The van der Waals surface area contributed by atoms with Gasteiger partial charge in [0.1, 0.15) is 6.04 Å². The van der Waals surface area contributed by atoms with Crippen molar-refractivity contribution >= 4 is 33.7 Å². The predicted molar refractivity (Wildman–Crippen MR) is 94.2 cm³/mol. The summed E-state index contributed by atoms with van der Waals surface area (Å²) < 4.78 is 14.2. The molecular weight excluding hydrogens is 331 g/mol. The molecule has 1 unspecified atom stereocenters. The fourth-order valence-electron chi connectivity index (χ4n) is 2.46. The van der Waals surface area contributed by atoms with Gasteiger partial charge >= 0.3 is 5.97 Å². The third kappa shape index (κ3) is 4.58. The monoisotopic (exact) mass is 352 g/mol. The van der Waals surface area contributed by atoms with Crippen molar-refractivity contribution in [3.8, 4) is 0 Å². The summed E-state index contributed by atoms with van der Waals surface area (Å²) in [6.45, 7) is 0.406. The number of aliphatic carboxylic acids is 1. The number of aryl methyl sites for hydroxylation is 1. The highest BCUT2D eigenvalue weighted by molar-refractivity contribution is 8.14. The van der Waals surface area contributed by atoms with Crippen LogP contribution in [-0.2, 0) is 11.3 Å². The standard InChI is InChI=1S/C17H21FN2O3S/c18-8-4-1-5-9-20-10-13(12-6-2-3-7-15(12)20)17(23)24-11-14(19)16(21)22/h2-3,6-7,10,14H,1,4-5,8-9,11,19H2,(H,21,22). The van der Waals surface area contributed by atoms with Crippen LogP contribution in [0.1, 0.15) is 29.6 Å². The molecule has 0 amide bonds. The normalized spacial score (nSPS) is 12.4. The van der Waals surface area contributed by atoms with Crippen LogP contribution in [0.5, 0.6) is 0 Å². The van der Waals surface area contributed by atoms with Gasteiger partial charge in [0.2, 0.25) is 5.12 Å². The molecule has 2 aromatic rings. The predicted octanol–water partition coefficient (Wildman–Crippen LogP) is 3.07. The van der Waals surface area contributed by atoms with Crippen LogP contribution in [0.3, 0.4) is 0 Å². The highest BCUT2D eigenvalue weighted by Crippen LogP contribution is 2.26. The molecule has 0 aliphatic heterocycles. The number of hydrogen-bond donors (Lipinski definition) is 2. The van der Waals surface area contributed by atoms with E-state index >= 15 is 0 Å². The summed E-state index contributed by atoms with van der Waals surface area (Å²) in [6.07, 6.45) is 3.98. The maximum atomic E-state index is 12.4. The molecule has 7 heteroatoms. The Morgan fingerprint density at radius 1 is 1.25 bits per heavy atom. The molecule has 0 bridgehead atoms. The number of thioether (sulfide) groups is 1. The first-order valence-electron chi connectivity index (χ1n) is 7.84. The lowest BCUT2D eigenvalue weighted by Crippen LogP contribution is -2.32. The number of unbranched alkanes of at least 4 members (excludes halogenated alkanes) is 2. The number of nitrogens with two attached hydrogens (primary N) is 1. The minimum Gasteiger partial charge on any atom is -0.480 e. The molecule has 24 heavy (non-hydrogen) atoms. The highest BCUT2D eigenvalue weighted by atomic mass is 32.2. The minimum atomic E-state index is -1.12. The molecule has 0 spiro atoms. The Balaban J connectivity index is 2.14. The third-order valence-electron chi connectivity index (χ3n) is 3.75. The van der Waals surface area contributed by atoms with Crippen molar-refractivity contribution in [1.82, 2.24) is 4.57 Å². The molecule has 5 nitrogen and oxygen atoms in total. The number of halogens is 1. The number of carbonyl (C=O) groups excluding carboxylic acids is 1. The molecule has 2 rings (SSSR count). The molecule has 0 saturated heterocycles. The third-order valence-corrected chi connectivity index (χ3v) is 4.76. The Hall–Kier alpha value is -1.86. The lowest BCUT2D eigenvalue weighted by Gasteiger charge is -2.04. The number of rotatable bonds is 9. The molecular formula is C17H21FN2O3S. The minimum absolute atomic E-state index is 0.0319. The van der Waals surface area contributed by atoms with Crippen LogP contribution in [0.25, 0.3) is 10.9 Å². The molecule has 1 aromatic carbocycles. The van der Waals surface area contributed by atoms with Gasteiger partial charge in [-0.05, 0) is 25.3 Å². The van der Waals surface area contributed by atoms with Gasteiger partial charge in [-0.1, -0.05) is 30.0 Å². The number of fused-ring (bicyclic) bond motifs is 1. The Morgan fingerprint density at radius 2 is 2.00 bits per heavy atom. The van der Waals surface area contributed by atoms with Crippen molar-refractivity contribution in [3.05, 3.63) is 36.0 Å². The number of hydrogen-bond acceptors (Lipinski definition) is 4. The van der Waals surface area contributed by atoms with Gasteiger partial charge in [0.25, 0.3) is 0 Å². The van der Waals surface area contributed by atoms with Crippen LogP contribution < -0.4 is 5.73 Å². The quantitative estimate of drug-likeness (QED) is 0.678. The number of carbonyl (C=O) groups is 2. The van der Waals surface area contributed by atoms with Gasteiger partial charge in [0, 0.05) is 29.4 Å². The summed E-state index contributed by atoms with van der Waals surface area (Å²) >= 11 is 0.918. The fourth-order valence-corrected chi connectivity index (χ4v) is 3.25. The number of carboxylic acid groups (broad SMARTS) is 1. The molecule has 0 radical (unpaired) electrons. The largest absolute Gasteiger partial charge is 0.480 e. The molecule has 0 aliphatic carbocycles. The van der Waals surface area contributed by atoms with Crippen molar-refractivity contribution < 1.29 is 19.1 Å². The number of benzene rings is 1. The Kier molecular flexibility index (Phi) is 6.81. The number of para-hydroxylation sites is 1. The van der Waals surface area contributed by atoms with E-state index in [-0.39, 0.29) is 17.5 Å². The molecule has 1 atom stereocenters. The van der Waals surface area contributed by atoms with Crippen molar-refractivity contribution in [2.45, 2.75) is 31.8 Å². The fraction of sp³-hybridized carbons (Fsp3) is 0.412. The van der Waals surface area contributed by atoms with E-state index in [2.05, 4.69) is 0 Å². The van der Waals surface area contributed by atoms with Gasteiger partial charge in [-0.2, -0.15) is 0 Å². The van der Waals surface area contributed by atoms with E-state index in [0.29, 0.717) is 18.5 Å². The summed E-state index contributed by atoms with van der Waals surface area (Å²) in [4.78, 5) is 23.2. The van der Waals surface area contributed by atoms with E-state index in [4.69, 9.17) is 10.8 Å². The first kappa shape index (κ1) is 18.5. The first-order valence-corrected chi connectivity index (χ1v) is 8.82. The second-order valence-electron chi connectivity index (χ2n) is 5.55. The molecule has 1 heterocycles. The lowest BCUT2D eigenvalue weighted by atomic mass is 10.2. The SMILES string of the molecule is NC(CSC(=O)c1cn(CCCCCF)c2ccccc12)C(=O)O. The number of carboxylic acids is 1. The summed E-state index contributed by atoms with van der Waals surface area (Å²) in [5.41, 5.74) is 6.95. The van der Waals surface area contributed by atoms with Crippen LogP contribution in [0.2, 0.25) is 0 Å². The van der Waals surface area contributed by atoms with Crippen LogP contribution >= 0.6 is 11.8 Å². The topological polar surface area (TPSA) is 85.3 Å². The van der Waals surface area contributed by atoms with Crippen molar-refractivity contribution in [3.63, 3.8) is 0 Å². The smallest absolute Gasteiger partial charge is 0.321 e. The summed E-state index contributed by atoms with van der Waals surface area (Å²) in [5.74, 6) is -1.09. The molecule has 130 valence electrons. The molecule has 0 aliphatic rings. The van der Waals surface area contributed by atoms with Crippen LogP contribution in [0.15, 0.2) is 30.5 Å². The zero-order chi connectivity index (χ0) is 17.5. The van der Waals surface area contributed by atoms with Crippen LogP contribution in [-0.4, -0.2) is 39.2 Å². The second-order valence-corrected chi connectivity index (χ2v) is 6.54. The zero-order valence-electron chi connectivity index (χ0n) is 13.3. The van der Waals surface area contributed by atoms with E-state index in [1.807, 2.05) is 28.8 Å². The lowest BCUT2D eigenvalue weighted by molar-refractivity contribution is -0.137. The van der Waals surface area contributed by atoms with E-state index < -0.39 is 12.0 Å². The van der Waals surface area contributed by atoms with Gasteiger partial charge in [-0.25, -0.2) is 0 Å². The number of nitrogens with zero attached hydrogens (tertiary/aromatic N) is 1. The van der Waals surface area contributed by atoms with Gasteiger partial charge in [0.15, 0.2) is 0 Å². The average Bonchev–Trinajstić information content (AvgIpc) is 2.95. The summed E-state index contributed by atoms with van der Waals surface area (Å²) in [5, 5.41) is 9.45.